The van der Waals surface area contributed by atoms with Crippen LogP contribution in [0.25, 0.3) is 0 Å². The summed E-state index contributed by atoms with van der Waals surface area (Å²) in [5, 5.41) is 0. The fourth-order valence-corrected chi connectivity index (χ4v) is 2.82. The normalized spacial score (nSPS) is 17.7. The van der Waals surface area contributed by atoms with Crippen LogP contribution in [0.15, 0.2) is 18.2 Å². The van der Waals surface area contributed by atoms with E-state index < -0.39 is 0 Å². The van der Waals surface area contributed by atoms with Gasteiger partial charge in [0.05, 0.1) is 12.8 Å². The Labute approximate surface area is 104 Å². The van der Waals surface area contributed by atoms with Crippen molar-refractivity contribution in [3.05, 3.63) is 23.8 Å². The maximum absolute atomic E-state index is 6.13. The molecule has 0 bridgehead atoms. The number of ether oxygens (including phenoxy) is 1. The molecule has 2 heteroatoms. The van der Waals surface area contributed by atoms with Crippen molar-refractivity contribution in [2.75, 3.05) is 12.8 Å². The predicted octanol–water partition coefficient (Wildman–Crippen LogP) is 3.79. The van der Waals surface area contributed by atoms with Crippen molar-refractivity contribution in [1.82, 2.24) is 0 Å². The maximum Gasteiger partial charge on any atom is 0.142 e. The van der Waals surface area contributed by atoms with Crippen LogP contribution in [0.2, 0.25) is 0 Å². The van der Waals surface area contributed by atoms with Gasteiger partial charge in [-0.05, 0) is 24.0 Å². The predicted molar refractivity (Wildman–Crippen MR) is 72.3 cm³/mol. The van der Waals surface area contributed by atoms with Gasteiger partial charge in [0.25, 0.3) is 0 Å². The summed E-state index contributed by atoms with van der Waals surface area (Å²) in [5.41, 5.74) is 8.22. The molecule has 1 aromatic rings. The topological polar surface area (TPSA) is 35.2 Å². The lowest BCUT2D eigenvalue weighted by Crippen LogP contribution is -2.06. The van der Waals surface area contributed by atoms with E-state index in [9.17, 15) is 0 Å². The third kappa shape index (κ3) is 3.15. The highest BCUT2D eigenvalue weighted by Gasteiger charge is 2.15. The SMILES string of the molecule is COc1cccc(CC2CCCCCC2)c1N. The van der Waals surface area contributed by atoms with Gasteiger partial charge in [-0.2, -0.15) is 0 Å². The largest absolute Gasteiger partial charge is 0.495 e. The van der Waals surface area contributed by atoms with Crippen LogP contribution in [-0.2, 0) is 6.42 Å². The average Bonchev–Trinajstić information content (AvgIpc) is 2.60. The van der Waals surface area contributed by atoms with E-state index in [-0.39, 0.29) is 0 Å². The molecule has 1 aliphatic rings. The Morgan fingerprint density at radius 1 is 1.18 bits per heavy atom. The van der Waals surface area contributed by atoms with Crippen LogP contribution in [0.3, 0.4) is 0 Å². The molecule has 2 nitrogen and oxygen atoms in total. The first kappa shape index (κ1) is 12.3. The summed E-state index contributed by atoms with van der Waals surface area (Å²) in [6.07, 6.45) is 9.41. The molecule has 1 aromatic carbocycles. The molecule has 0 aromatic heterocycles. The summed E-state index contributed by atoms with van der Waals surface area (Å²) in [4.78, 5) is 0. The molecule has 94 valence electrons. The number of nitrogen functional groups attached to an aromatic ring is 1. The van der Waals surface area contributed by atoms with Gasteiger partial charge in [-0.1, -0.05) is 50.7 Å². The van der Waals surface area contributed by atoms with Crippen molar-refractivity contribution in [3.8, 4) is 5.75 Å². The van der Waals surface area contributed by atoms with E-state index in [2.05, 4.69) is 6.07 Å². The Balaban J connectivity index is 2.06. The lowest BCUT2D eigenvalue weighted by molar-refractivity contribution is 0.415. The van der Waals surface area contributed by atoms with Crippen molar-refractivity contribution >= 4 is 5.69 Å². The smallest absolute Gasteiger partial charge is 0.142 e. The molecule has 0 amide bonds. The monoisotopic (exact) mass is 233 g/mol. The number of para-hydroxylation sites is 1. The van der Waals surface area contributed by atoms with E-state index in [0.29, 0.717) is 0 Å². The van der Waals surface area contributed by atoms with E-state index in [0.717, 1.165) is 23.8 Å². The molecule has 2 N–H and O–H groups in total. The van der Waals surface area contributed by atoms with Crippen LogP contribution >= 0.6 is 0 Å². The van der Waals surface area contributed by atoms with Crippen LogP contribution < -0.4 is 10.5 Å². The number of anilines is 1. The lowest BCUT2D eigenvalue weighted by atomic mass is 9.91. The van der Waals surface area contributed by atoms with Gasteiger partial charge in [-0.15, -0.1) is 0 Å². The minimum Gasteiger partial charge on any atom is -0.495 e. The van der Waals surface area contributed by atoms with E-state index in [1.807, 2.05) is 12.1 Å². The second-order valence-electron chi connectivity index (χ2n) is 5.09. The zero-order chi connectivity index (χ0) is 12.1. The molecule has 0 spiro atoms. The highest BCUT2D eigenvalue weighted by atomic mass is 16.5. The Hall–Kier alpha value is -1.18. The van der Waals surface area contributed by atoms with E-state index in [1.165, 1.54) is 44.1 Å². The fourth-order valence-electron chi connectivity index (χ4n) is 2.82. The summed E-state index contributed by atoms with van der Waals surface area (Å²) in [6, 6.07) is 6.12. The highest BCUT2D eigenvalue weighted by molar-refractivity contribution is 5.58. The quantitative estimate of drug-likeness (QED) is 0.637. The standard InChI is InChI=1S/C15H23NO/c1-17-14-10-6-9-13(15(14)16)11-12-7-4-2-3-5-8-12/h6,9-10,12H,2-5,7-8,11,16H2,1H3. The Morgan fingerprint density at radius 3 is 2.53 bits per heavy atom. The molecule has 1 fully saturated rings. The van der Waals surface area contributed by atoms with Gasteiger partial charge in [0.2, 0.25) is 0 Å². The second-order valence-corrected chi connectivity index (χ2v) is 5.09. The second kappa shape index (κ2) is 5.95. The number of benzene rings is 1. The summed E-state index contributed by atoms with van der Waals surface area (Å²) < 4.78 is 5.27. The number of rotatable bonds is 3. The fraction of sp³-hybridized carbons (Fsp3) is 0.600. The van der Waals surface area contributed by atoms with Gasteiger partial charge in [-0.3, -0.25) is 0 Å². The molecule has 0 radical (unpaired) electrons. The molecule has 17 heavy (non-hydrogen) atoms. The van der Waals surface area contributed by atoms with Crippen LogP contribution in [0.4, 0.5) is 5.69 Å². The van der Waals surface area contributed by atoms with Crippen molar-refractivity contribution in [2.45, 2.75) is 44.9 Å². The van der Waals surface area contributed by atoms with E-state index in [1.54, 1.807) is 7.11 Å². The molecule has 0 atom stereocenters. The molecule has 0 unspecified atom stereocenters. The molecule has 1 saturated carbocycles. The molecule has 0 aliphatic heterocycles. The third-order valence-corrected chi connectivity index (χ3v) is 3.86. The van der Waals surface area contributed by atoms with Crippen molar-refractivity contribution in [1.29, 1.82) is 0 Å². The third-order valence-electron chi connectivity index (χ3n) is 3.86. The first-order chi connectivity index (χ1) is 8.31. The number of methoxy groups -OCH3 is 1. The van der Waals surface area contributed by atoms with Gasteiger partial charge in [0.15, 0.2) is 0 Å². The summed E-state index contributed by atoms with van der Waals surface area (Å²) in [7, 11) is 1.68. The lowest BCUT2D eigenvalue weighted by Gasteiger charge is -2.16. The Kier molecular flexibility index (Phi) is 4.29. The number of hydrogen-bond donors (Lipinski definition) is 1. The van der Waals surface area contributed by atoms with E-state index >= 15 is 0 Å². The van der Waals surface area contributed by atoms with Gasteiger partial charge >= 0.3 is 0 Å². The van der Waals surface area contributed by atoms with Crippen LogP contribution in [0.5, 0.6) is 5.75 Å². The molecule has 0 saturated heterocycles. The van der Waals surface area contributed by atoms with Crippen LogP contribution in [0, 0.1) is 5.92 Å². The van der Waals surface area contributed by atoms with Crippen molar-refractivity contribution < 1.29 is 4.74 Å². The molecular weight excluding hydrogens is 210 g/mol. The van der Waals surface area contributed by atoms with Crippen LogP contribution in [0.1, 0.15) is 44.1 Å². The van der Waals surface area contributed by atoms with Gasteiger partial charge < -0.3 is 10.5 Å². The van der Waals surface area contributed by atoms with Crippen molar-refractivity contribution in [3.63, 3.8) is 0 Å². The first-order valence-electron chi connectivity index (χ1n) is 6.72. The minimum atomic E-state index is 0.812. The first-order valence-corrected chi connectivity index (χ1v) is 6.72. The highest BCUT2D eigenvalue weighted by Crippen LogP contribution is 2.31. The zero-order valence-electron chi connectivity index (χ0n) is 10.7. The van der Waals surface area contributed by atoms with E-state index in [4.69, 9.17) is 10.5 Å². The van der Waals surface area contributed by atoms with Gasteiger partial charge in [0, 0.05) is 0 Å². The summed E-state index contributed by atoms with van der Waals surface area (Å²) in [6.45, 7) is 0. The Bertz CT molecular complexity index is 354. The van der Waals surface area contributed by atoms with Gasteiger partial charge in [-0.25, -0.2) is 0 Å². The van der Waals surface area contributed by atoms with Gasteiger partial charge in [0.1, 0.15) is 5.75 Å². The Morgan fingerprint density at radius 2 is 1.88 bits per heavy atom. The molecule has 0 heterocycles. The maximum atomic E-state index is 6.13. The van der Waals surface area contributed by atoms with Crippen molar-refractivity contribution in [2.24, 2.45) is 5.92 Å². The number of hydrogen-bond acceptors (Lipinski definition) is 2. The molecule has 1 aliphatic carbocycles. The summed E-state index contributed by atoms with van der Waals surface area (Å²) in [5.74, 6) is 1.63. The average molecular weight is 233 g/mol. The molecule has 2 rings (SSSR count). The number of nitrogens with two attached hydrogens (primary N) is 1. The zero-order valence-corrected chi connectivity index (χ0v) is 10.7. The minimum absolute atomic E-state index is 0.812. The van der Waals surface area contributed by atoms with Crippen LogP contribution in [-0.4, -0.2) is 7.11 Å². The molecular formula is C15H23NO. The summed E-state index contributed by atoms with van der Waals surface area (Å²) >= 11 is 0.